The molecule has 4 fully saturated rings. The number of hydrogen-bond donors (Lipinski definition) is 0. The van der Waals surface area contributed by atoms with Crippen LogP contribution in [-0.4, -0.2) is 91.6 Å². The van der Waals surface area contributed by atoms with E-state index >= 15 is 0 Å². The van der Waals surface area contributed by atoms with Gasteiger partial charge in [0.25, 0.3) is 0 Å². The number of anilines is 1. The highest BCUT2D eigenvalue weighted by Crippen LogP contribution is 2.36. The SMILES string of the molecule is C=CC(=O)OCOC1CCC(OC(=O)C2CCC(C(=O)Oc3ccc(OC(=O)C4CCC(C(=O)OC5CCC(OCOC(=O)C=C)CC5)CC4)c(/C=N/N(CCCCCC)c4nc5ccccc5s4)c3)CC2)CC1. The minimum Gasteiger partial charge on any atom is -0.462 e. The summed E-state index contributed by atoms with van der Waals surface area (Å²) in [7, 11) is 0. The van der Waals surface area contributed by atoms with E-state index in [0.29, 0.717) is 115 Å². The number of ether oxygens (including phenoxy) is 8. The van der Waals surface area contributed by atoms with E-state index in [1.807, 2.05) is 29.3 Å². The summed E-state index contributed by atoms with van der Waals surface area (Å²) in [4.78, 5) is 81.5. The molecular weight excluding hydrogens is 971 g/mol. The number of benzene rings is 2. The molecule has 17 nitrogen and oxygen atoms in total. The molecule has 74 heavy (non-hydrogen) atoms. The Kier molecular flexibility index (Phi) is 21.6. The van der Waals surface area contributed by atoms with E-state index in [1.54, 1.807) is 24.4 Å². The van der Waals surface area contributed by atoms with Gasteiger partial charge in [0.2, 0.25) is 5.13 Å². The summed E-state index contributed by atoms with van der Waals surface area (Å²) in [5, 5.41) is 7.51. The molecule has 0 atom stereocenters. The first-order chi connectivity index (χ1) is 36.0. The molecular formula is C56H71N3O14S. The van der Waals surface area contributed by atoms with Gasteiger partial charge in [-0.05, 0) is 139 Å². The van der Waals surface area contributed by atoms with Gasteiger partial charge in [-0.15, -0.1) is 0 Å². The predicted octanol–water partition coefficient (Wildman–Crippen LogP) is 10.3. The Morgan fingerprint density at radius 1 is 0.622 bits per heavy atom. The lowest BCUT2D eigenvalue weighted by molar-refractivity contribution is -0.165. The third-order valence-electron chi connectivity index (χ3n) is 14.4. The first-order valence-electron chi connectivity index (χ1n) is 26.5. The zero-order chi connectivity index (χ0) is 52.2. The van der Waals surface area contributed by atoms with Crippen LogP contribution in [0.1, 0.15) is 141 Å². The molecule has 0 amide bonds. The molecule has 3 aromatic rings. The zero-order valence-corrected chi connectivity index (χ0v) is 43.4. The van der Waals surface area contributed by atoms with Gasteiger partial charge in [0.05, 0.1) is 52.3 Å². The van der Waals surface area contributed by atoms with Crippen molar-refractivity contribution in [2.24, 2.45) is 28.8 Å². The van der Waals surface area contributed by atoms with Crippen LogP contribution in [-0.2, 0) is 57.2 Å². The van der Waals surface area contributed by atoms with Crippen molar-refractivity contribution in [2.75, 3.05) is 25.1 Å². The number of hydrazone groups is 1. The number of rotatable bonds is 24. The van der Waals surface area contributed by atoms with E-state index < -0.39 is 35.7 Å². The minimum atomic E-state index is -0.543. The van der Waals surface area contributed by atoms with Crippen molar-refractivity contribution in [2.45, 2.75) is 160 Å². The second kappa shape index (κ2) is 28.6. The van der Waals surface area contributed by atoms with E-state index in [9.17, 15) is 28.8 Å². The molecule has 1 aromatic heterocycles. The maximum absolute atomic E-state index is 13.9. The summed E-state index contributed by atoms with van der Waals surface area (Å²) < 4.78 is 46.1. The third-order valence-corrected chi connectivity index (χ3v) is 15.5. The third kappa shape index (κ3) is 16.8. The van der Waals surface area contributed by atoms with Crippen molar-refractivity contribution in [1.29, 1.82) is 0 Å². The number of nitrogens with zero attached hydrogens (tertiary/aromatic N) is 3. The van der Waals surface area contributed by atoms with Crippen molar-refractivity contribution in [3.8, 4) is 11.5 Å². The summed E-state index contributed by atoms with van der Waals surface area (Å²) in [5.74, 6) is -3.39. The van der Waals surface area contributed by atoms with Crippen LogP contribution in [0.15, 0.2) is 72.9 Å². The molecule has 400 valence electrons. The van der Waals surface area contributed by atoms with Gasteiger partial charge in [0.1, 0.15) is 23.7 Å². The fourth-order valence-corrected chi connectivity index (χ4v) is 10.9. The van der Waals surface area contributed by atoms with Crippen LogP contribution in [0.25, 0.3) is 10.2 Å². The molecule has 0 bridgehead atoms. The van der Waals surface area contributed by atoms with Gasteiger partial charge in [-0.2, -0.15) is 5.10 Å². The van der Waals surface area contributed by atoms with Crippen molar-refractivity contribution < 1.29 is 66.7 Å². The Bertz CT molecular complexity index is 2370. The Balaban J connectivity index is 0.947. The molecule has 4 aliphatic rings. The monoisotopic (exact) mass is 1040 g/mol. The van der Waals surface area contributed by atoms with Crippen LogP contribution < -0.4 is 14.5 Å². The fraction of sp³-hybridized carbons (Fsp3) is 0.571. The van der Waals surface area contributed by atoms with Gasteiger partial charge in [0.15, 0.2) is 13.6 Å². The van der Waals surface area contributed by atoms with Gasteiger partial charge in [0, 0.05) is 24.3 Å². The Morgan fingerprint density at radius 2 is 1.12 bits per heavy atom. The molecule has 7 rings (SSSR count). The second-order valence-electron chi connectivity index (χ2n) is 19.6. The van der Waals surface area contributed by atoms with Crippen LogP contribution in [0.4, 0.5) is 5.13 Å². The number of carbonyl (C=O) groups is 6. The molecule has 0 spiro atoms. The van der Waals surface area contributed by atoms with Crippen LogP contribution in [0.5, 0.6) is 11.5 Å². The lowest BCUT2D eigenvalue weighted by Crippen LogP contribution is -2.33. The number of hydrogen-bond acceptors (Lipinski definition) is 18. The lowest BCUT2D eigenvalue weighted by atomic mass is 9.82. The average Bonchev–Trinajstić information content (AvgIpc) is 3.86. The normalized spacial score (nSPS) is 24.0. The number of esters is 6. The van der Waals surface area contributed by atoms with E-state index in [4.69, 9.17) is 48.0 Å². The summed E-state index contributed by atoms with van der Waals surface area (Å²) >= 11 is 1.54. The van der Waals surface area contributed by atoms with E-state index in [1.165, 1.54) is 11.3 Å². The molecule has 18 heteroatoms. The summed E-state index contributed by atoms with van der Waals surface area (Å²) in [6.07, 6.45) is 16.4. The van der Waals surface area contributed by atoms with Gasteiger partial charge in [-0.1, -0.05) is 62.8 Å². The first-order valence-corrected chi connectivity index (χ1v) is 27.3. The number of thiazole rings is 1. The molecule has 0 aliphatic heterocycles. The zero-order valence-electron chi connectivity index (χ0n) is 42.5. The number of carbonyl (C=O) groups excluding carboxylic acids is 6. The predicted molar refractivity (Wildman–Crippen MR) is 276 cm³/mol. The standard InChI is InChI=1S/C56H71N3O14S/c1-4-7-8-11-32-59(56-58-47-12-9-10-13-49(47)74-56)57-34-41-33-46(72-54(64)39-16-14-37(15-17-39)52(62)70-44-26-22-42(23-27-44)66-35-68-50(60)5-2)30-31-48(41)73-55(65)40-20-18-38(19-21-40)53(63)71-45-28-24-43(25-29-45)67-36-69-51(61)6-3/h5-6,9-10,12-13,30-31,33-34,37-40,42-45H,2-4,7-8,11,14-29,32,35-36H2,1H3/b57-34+. The maximum atomic E-state index is 13.9. The van der Waals surface area contributed by atoms with Crippen LogP contribution in [0.3, 0.4) is 0 Å². The molecule has 0 unspecified atom stereocenters. The number of unbranched alkanes of at least 4 members (excludes halogenated alkanes) is 3. The highest BCUT2D eigenvalue weighted by Gasteiger charge is 2.36. The number of para-hydroxylation sites is 1. The van der Waals surface area contributed by atoms with Crippen molar-refractivity contribution in [3.63, 3.8) is 0 Å². The lowest BCUT2D eigenvalue weighted by Gasteiger charge is -2.31. The molecule has 0 saturated heterocycles. The van der Waals surface area contributed by atoms with Gasteiger partial charge in [-0.3, -0.25) is 19.2 Å². The van der Waals surface area contributed by atoms with Crippen LogP contribution >= 0.6 is 11.3 Å². The maximum Gasteiger partial charge on any atom is 0.332 e. The van der Waals surface area contributed by atoms with Crippen LogP contribution in [0.2, 0.25) is 0 Å². The summed E-state index contributed by atoms with van der Waals surface area (Å²) in [5.41, 5.74) is 1.30. The largest absolute Gasteiger partial charge is 0.462 e. The van der Waals surface area contributed by atoms with E-state index in [0.717, 1.165) is 53.2 Å². The Hall–Kier alpha value is -5.98. The highest BCUT2D eigenvalue weighted by molar-refractivity contribution is 7.22. The summed E-state index contributed by atoms with van der Waals surface area (Å²) in [6, 6.07) is 12.8. The molecule has 0 N–H and O–H groups in total. The smallest absolute Gasteiger partial charge is 0.332 e. The summed E-state index contributed by atoms with van der Waals surface area (Å²) in [6.45, 7) is 9.24. The van der Waals surface area contributed by atoms with Crippen LogP contribution in [0, 0.1) is 23.7 Å². The molecule has 0 radical (unpaired) electrons. The highest BCUT2D eigenvalue weighted by atomic mass is 32.1. The molecule has 2 aromatic carbocycles. The Labute approximate surface area is 437 Å². The molecule has 1 heterocycles. The Morgan fingerprint density at radius 3 is 1.64 bits per heavy atom. The number of fused-ring (bicyclic) bond motifs is 1. The van der Waals surface area contributed by atoms with Gasteiger partial charge < -0.3 is 37.9 Å². The molecule has 4 saturated carbocycles. The van der Waals surface area contributed by atoms with Gasteiger partial charge in [-0.25, -0.2) is 19.6 Å². The second-order valence-corrected chi connectivity index (χ2v) is 20.6. The quantitative estimate of drug-likeness (QED) is 0.0120. The van der Waals surface area contributed by atoms with Crippen molar-refractivity contribution >= 4 is 68.7 Å². The van der Waals surface area contributed by atoms with E-state index in [-0.39, 0.29) is 73.3 Å². The van der Waals surface area contributed by atoms with Crippen molar-refractivity contribution in [3.05, 3.63) is 73.3 Å². The molecule has 4 aliphatic carbocycles. The average molecular weight is 1040 g/mol. The fourth-order valence-electron chi connectivity index (χ4n) is 9.95. The van der Waals surface area contributed by atoms with Gasteiger partial charge >= 0.3 is 35.8 Å². The first kappa shape index (κ1) is 55.8. The minimum absolute atomic E-state index is 0.0787. The number of aromatic nitrogens is 1. The van der Waals surface area contributed by atoms with Crippen molar-refractivity contribution in [1.82, 2.24) is 4.98 Å². The topological polar surface area (TPSA) is 205 Å². The van der Waals surface area contributed by atoms with E-state index in [2.05, 4.69) is 20.1 Å².